The number of ether oxygens (including phenoxy) is 1. The lowest BCUT2D eigenvalue weighted by Crippen LogP contribution is -2.34. The first-order chi connectivity index (χ1) is 9.16. The van der Waals surface area contributed by atoms with E-state index in [0.29, 0.717) is 13.1 Å². The van der Waals surface area contributed by atoms with E-state index in [0.717, 1.165) is 25.1 Å². The fourth-order valence-electron chi connectivity index (χ4n) is 1.93. The van der Waals surface area contributed by atoms with Gasteiger partial charge in [-0.2, -0.15) is 0 Å². The molecule has 20 heavy (non-hydrogen) atoms. The summed E-state index contributed by atoms with van der Waals surface area (Å²) < 4.78 is 30.8. The van der Waals surface area contributed by atoms with Crippen molar-refractivity contribution in [3.8, 4) is 5.75 Å². The third-order valence-electron chi connectivity index (χ3n) is 2.99. The Morgan fingerprint density at radius 2 is 2.20 bits per heavy atom. The van der Waals surface area contributed by atoms with E-state index in [9.17, 15) is 13.6 Å². The van der Waals surface area contributed by atoms with Crippen LogP contribution in [-0.2, 0) is 4.79 Å². The molecule has 2 rings (SSSR count). The van der Waals surface area contributed by atoms with Gasteiger partial charge in [-0.3, -0.25) is 4.79 Å². The summed E-state index contributed by atoms with van der Waals surface area (Å²) in [6.45, 7) is 2.13. The molecule has 4 nitrogen and oxygen atoms in total. The molecule has 112 valence electrons. The zero-order valence-electron chi connectivity index (χ0n) is 10.8. The van der Waals surface area contributed by atoms with Gasteiger partial charge in [0, 0.05) is 12.6 Å². The SMILES string of the molecule is Cl.O=C(NCCOc1ccc(F)c(F)c1)C1CCNC1. The molecule has 1 atom stereocenters. The van der Waals surface area contributed by atoms with Crippen LogP contribution >= 0.6 is 12.4 Å². The Morgan fingerprint density at radius 3 is 2.85 bits per heavy atom. The van der Waals surface area contributed by atoms with Gasteiger partial charge in [-0.1, -0.05) is 0 Å². The minimum atomic E-state index is -0.946. The van der Waals surface area contributed by atoms with Crippen LogP contribution in [0, 0.1) is 17.6 Å². The Labute approximate surface area is 122 Å². The molecule has 0 radical (unpaired) electrons. The number of benzene rings is 1. The van der Waals surface area contributed by atoms with Crippen molar-refractivity contribution in [2.45, 2.75) is 6.42 Å². The summed E-state index contributed by atoms with van der Waals surface area (Å²) in [6.07, 6.45) is 0.843. The van der Waals surface area contributed by atoms with Gasteiger partial charge in [-0.05, 0) is 25.1 Å². The first-order valence-corrected chi connectivity index (χ1v) is 6.23. The highest BCUT2D eigenvalue weighted by atomic mass is 35.5. The molecule has 1 amide bonds. The number of hydrogen-bond acceptors (Lipinski definition) is 3. The Hall–Kier alpha value is -1.40. The standard InChI is InChI=1S/C13H16F2N2O2.ClH/c14-11-2-1-10(7-12(11)15)19-6-5-17-13(18)9-3-4-16-8-9;/h1-2,7,9,16H,3-6,8H2,(H,17,18);1H. The van der Waals surface area contributed by atoms with Crippen molar-refractivity contribution in [2.24, 2.45) is 5.92 Å². The van der Waals surface area contributed by atoms with Crippen molar-refractivity contribution in [1.82, 2.24) is 10.6 Å². The molecular formula is C13H17ClF2N2O2. The van der Waals surface area contributed by atoms with Gasteiger partial charge in [0.25, 0.3) is 0 Å². The Morgan fingerprint density at radius 1 is 1.40 bits per heavy atom. The number of nitrogens with one attached hydrogen (secondary N) is 2. The van der Waals surface area contributed by atoms with Crippen LogP contribution < -0.4 is 15.4 Å². The van der Waals surface area contributed by atoms with E-state index in [4.69, 9.17) is 4.74 Å². The molecule has 1 unspecified atom stereocenters. The highest BCUT2D eigenvalue weighted by molar-refractivity contribution is 5.85. The van der Waals surface area contributed by atoms with Crippen molar-refractivity contribution >= 4 is 18.3 Å². The summed E-state index contributed by atoms with van der Waals surface area (Å²) in [5.41, 5.74) is 0. The molecular weight excluding hydrogens is 290 g/mol. The van der Waals surface area contributed by atoms with Crippen molar-refractivity contribution in [3.05, 3.63) is 29.8 Å². The average Bonchev–Trinajstić information content (AvgIpc) is 2.92. The van der Waals surface area contributed by atoms with Gasteiger partial charge in [0.2, 0.25) is 5.91 Å². The van der Waals surface area contributed by atoms with E-state index in [1.54, 1.807) is 0 Å². The molecule has 0 aromatic heterocycles. The number of carbonyl (C=O) groups excluding carboxylic acids is 1. The molecule has 1 heterocycles. The lowest BCUT2D eigenvalue weighted by molar-refractivity contribution is -0.124. The van der Waals surface area contributed by atoms with E-state index < -0.39 is 11.6 Å². The second kappa shape index (κ2) is 8.01. The quantitative estimate of drug-likeness (QED) is 0.811. The number of rotatable bonds is 5. The highest BCUT2D eigenvalue weighted by Gasteiger charge is 2.21. The summed E-state index contributed by atoms with van der Waals surface area (Å²) in [5, 5.41) is 5.86. The van der Waals surface area contributed by atoms with Crippen LogP contribution in [0.2, 0.25) is 0 Å². The predicted molar refractivity (Wildman–Crippen MR) is 73.1 cm³/mol. The maximum atomic E-state index is 12.9. The van der Waals surface area contributed by atoms with Gasteiger partial charge in [0.1, 0.15) is 12.4 Å². The Balaban J connectivity index is 0.00000200. The van der Waals surface area contributed by atoms with Gasteiger partial charge >= 0.3 is 0 Å². The van der Waals surface area contributed by atoms with Gasteiger partial charge in [0.15, 0.2) is 11.6 Å². The molecule has 1 aliphatic rings. The Kier molecular flexibility index (Phi) is 6.67. The number of hydrogen-bond donors (Lipinski definition) is 2. The third kappa shape index (κ3) is 4.61. The topological polar surface area (TPSA) is 50.4 Å². The van der Waals surface area contributed by atoms with E-state index in [-0.39, 0.29) is 36.6 Å². The summed E-state index contributed by atoms with van der Waals surface area (Å²) in [7, 11) is 0. The van der Waals surface area contributed by atoms with E-state index in [1.807, 2.05) is 0 Å². The fraction of sp³-hybridized carbons (Fsp3) is 0.462. The molecule has 7 heteroatoms. The minimum absolute atomic E-state index is 0. The molecule has 0 saturated carbocycles. The summed E-state index contributed by atoms with van der Waals surface area (Å²) >= 11 is 0. The summed E-state index contributed by atoms with van der Waals surface area (Å²) in [4.78, 5) is 11.6. The minimum Gasteiger partial charge on any atom is -0.492 e. The number of amides is 1. The van der Waals surface area contributed by atoms with Crippen LogP contribution in [0.1, 0.15) is 6.42 Å². The second-order valence-electron chi connectivity index (χ2n) is 4.41. The average molecular weight is 307 g/mol. The third-order valence-corrected chi connectivity index (χ3v) is 2.99. The first kappa shape index (κ1) is 16.7. The van der Waals surface area contributed by atoms with Gasteiger partial charge in [-0.25, -0.2) is 8.78 Å². The van der Waals surface area contributed by atoms with E-state index >= 15 is 0 Å². The number of halogens is 3. The van der Waals surface area contributed by atoms with Crippen LogP contribution in [0.15, 0.2) is 18.2 Å². The zero-order valence-corrected chi connectivity index (χ0v) is 11.6. The monoisotopic (exact) mass is 306 g/mol. The van der Waals surface area contributed by atoms with Crippen molar-refractivity contribution in [1.29, 1.82) is 0 Å². The highest BCUT2D eigenvalue weighted by Crippen LogP contribution is 2.15. The van der Waals surface area contributed by atoms with Crippen LogP contribution in [-0.4, -0.2) is 32.1 Å². The maximum absolute atomic E-state index is 12.9. The molecule has 1 aromatic rings. The van der Waals surface area contributed by atoms with Gasteiger partial charge < -0.3 is 15.4 Å². The van der Waals surface area contributed by atoms with Crippen LogP contribution in [0.4, 0.5) is 8.78 Å². The fourth-order valence-corrected chi connectivity index (χ4v) is 1.93. The van der Waals surface area contributed by atoms with Crippen molar-refractivity contribution in [3.63, 3.8) is 0 Å². The molecule has 0 bridgehead atoms. The molecule has 1 aliphatic heterocycles. The largest absolute Gasteiger partial charge is 0.492 e. The van der Waals surface area contributed by atoms with Crippen LogP contribution in [0.25, 0.3) is 0 Å². The van der Waals surface area contributed by atoms with Crippen molar-refractivity contribution in [2.75, 3.05) is 26.2 Å². The smallest absolute Gasteiger partial charge is 0.224 e. The van der Waals surface area contributed by atoms with E-state index in [2.05, 4.69) is 10.6 Å². The second-order valence-corrected chi connectivity index (χ2v) is 4.41. The molecule has 1 saturated heterocycles. The molecule has 0 spiro atoms. The maximum Gasteiger partial charge on any atom is 0.224 e. The summed E-state index contributed by atoms with van der Waals surface area (Å²) in [5.74, 6) is -1.59. The lowest BCUT2D eigenvalue weighted by Gasteiger charge is -2.10. The predicted octanol–water partition coefficient (Wildman–Crippen LogP) is 1.49. The number of carbonyl (C=O) groups is 1. The van der Waals surface area contributed by atoms with Crippen molar-refractivity contribution < 1.29 is 18.3 Å². The van der Waals surface area contributed by atoms with E-state index in [1.165, 1.54) is 6.07 Å². The van der Waals surface area contributed by atoms with Crippen LogP contribution in [0.3, 0.4) is 0 Å². The lowest BCUT2D eigenvalue weighted by atomic mass is 10.1. The first-order valence-electron chi connectivity index (χ1n) is 6.23. The van der Waals surface area contributed by atoms with Crippen LogP contribution in [0.5, 0.6) is 5.75 Å². The molecule has 0 aliphatic carbocycles. The molecule has 1 aromatic carbocycles. The molecule has 2 N–H and O–H groups in total. The summed E-state index contributed by atoms with van der Waals surface area (Å²) in [6, 6.07) is 3.34. The van der Waals surface area contributed by atoms with Gasteiger partial charge in [0.05, 0.1) is 12.5 Å². The normalized spacial score (nSPS) is 17.4. The zero-order chi connectivity index (χ0) is 13.7. The van der Waals surface area contributed by atoms with Gasteiger partial charge in [-0.15, -0.1) is 12.4 Å². The Bertz CT molecular complexity index is 454. The molecule has 1 fully saturated rings.